The van der Waals surface area contributed by atoms with E-state index in [1.54, 1.807) is 34.9 Å². The van der Waals surface area contributed by atoms with Crippen LogP contribution in [-0.4, -0.2) is 33.6 Å². The first-order chi connectivity index (χ1) is 18.4. The van der Waals surface area contributed by atoms with E-state index in [4.69, 9.17) is 0 Å². The number of benzene rings is 2. The zero-order valence-electron chi connectivity index (χ0n) is 20.0. The monoisotopic (exact) mass is 519 g/mol. The molecule has 0 radical (unpaired) electrons. The number of carbonyl (C=O) groups excluding carboxylic acids is 1. The number of hydrogen-bond acceptors (Lipinski definition) is 4. The molecule has 0 atom stereocenters. The maximum absolute atomic E-state index is 14.0. The van der Waals surface area contributed by atoms with E-state index in [1.807, 2.05) is 0 Å². The summed E-state index contributed by atoms with van der Waals surface area (Å²) in [6, 6.07) is 11.8. The fourth-order valence-corrected chi connectivity index (χ4v) is 4.68. The van der Waals surface area contributed by atoms with Gasteiger partial charge in [-0.05, 0) is 53.6 Å². The molecule has 6 nitrogen and oxygen atoms in total. The van der Waals surface area contributed by atoms with Crippen molar-refractivity contribution in [1.82, 2.24) is 19.8 Å². The zero-order chi connectivity index (χ0) is 26.8. The van der Waals surface area contributed by atoms with Crippen LogP contribution in [0.3, 0.4) is 0 Å². The van der Waals surface area contributed by atoms with Gasteiger partial charge in [0.2, 0.25) is 5.95 Å². The Labute approximate surface area is 215 Å². The van der Waals surface area contributed by atoms with Gasteiger partial charge in [-0.2, -0.15) is 9.65 Å². The number of rotatable bonds is 5. The van der Waals surface area contributed by atoms with Crippen LogP contribution in [0.5, 0.6) is 0 Å². The van der Waals surface area contributed by atoms with Gasteiger partial charge in [0, 0.05) is 55.4 Å². The highest BCUT2D eigenvalue weighted by Gasteiger charge is 2.26. The molecule has 5 rings (SSSR count). The van der Waals surface area contributed by atoms with E-state index in [0.717, 1.165) is 22.7 Å². The van der Waals surface area contributed by atoms with E-state index in [0.29, 0.717) is 42.7 Å². The highest BCUT2D eigenvalue weighted by atomic mass is 19.2. The number of amides is 1. The highest BCUT2D eigenvalue weighted by Crippen LogP contribution is 2.32. The van der Waals surface area contributed by atoms with Gasteiger partial charge < -0.3 is 5.32 Å². The van der Waals surface area contributed by atoms with Crippen LogP contribution >= 0.6 is 0 Å². The van der Waals surface area contributed by atoms with Crippen LogP contribution < -0.4 is 5.32 Å². The standard InChI is InChI=1S/C28H21F4N5O/c29-22-5-4-19(26(31)27(22)32)2-1-10-36-11-8-24-21(16-36)20-12-17(14-33)3-6-23(20)37(24)28(38)35-15-18-7-9-34-25(30)13-18/h1-7,9,12-13H,8,10-11,15-16H2,(H,35,38). The molecule has 10 heteroatoms. The Bertz CT molecular complexity index is 1620. The van der Waals surface area contributed by atoms with E-state index in [9.17, 15) is 27.6 Å². The lowest BCUT2D eigenvalue weighted by atomic mass is 10.0. The van der Waals surface area contributed by atoms with Crippen LogP contribution in [0.2, 0.25) is 0 Å². The van der Waals surface area contributed by atoms with E-state index in [-0.39, 0.29) is 18.1 Å². The van der Waals surface area contributed by atoms with Crippen LogP contribution in [0.15, 0.2) is 54.7 Å². The minimum Gasteiger partial charge on any atom is -0.333 e. The van der Waals surface area contributed by atoms with Crippen molar-refractivity contribution in [1.29, 1.82) is 5.26 Å². The molecule has 3 heterocycles. The predicted molar refractivity (Wildman–Crippen MR) is 133 cm³/mol. The van der Waals surface area contributed by atoms with Crippen molar-refractivity contribution in [2.24, 2.45) is 0 Å². The molecule has 1 amide bonds. The van der Waals surface area contributed by atoms with Gasteiger partial charge >= 0.3 is 6.03 Å². The van der Waals surface area contributed by atoms with Crippen LogP contribution in [0, 0.1) is 34.7 Å². The molecule has 1 N–H and O–H groups in total. The SMILES string of the molecule is N#Cc1ccc2c(c1)c1c(n2C(=O)NCc2ccnc(F)c2)CCN(CC=Cc2ccc(F)c(F)c2F)C1. The molecule has 2 aromatic carbocycles. The van der Waals surface area contributed by atoms with E-state index >= 15 is 0 Å². The third-order valence-corrected chi connectivity index (χ3v) is 6.52. The summed E-state index contributed by atoms with van der Waals surface area (Å²) in [6.07, 6.45) is 4.93. The Morgan fingerprint density at radius 1 is 1.11 bits per heavy atom. The fraction of sp³-hybridized carbons (Fsp3) is 0.179. The molecule has 0 saturated heterocycles. The summed E-state index contributed by atoms with van der Waals surface area (Å²) < 4.78 is 55.7. The van der Waals surface area contributed by atoms with Gasteiger partial charge in [-0.1, -0.05) is 12.2 Å². The molecule has 0 saturated carbocycles. The Morgan fingerprint density at radius 3 is 2.74 bits per heavy atom. The lowest BCUT2D eigenvalue weighted by molar-refractivity contribution is 0.240. The first-order valence-electron chi connectivity index (χ1n) is 11.8. The summed E-state index contributed by atoms with van der Waals surface area (Å²) in [5, 5.41) is 13.0. The van der Waals surface area contributed by atoms with Gasteiger partial charge in [0.1, 0.15) is 0 Å². The number of pyridine rings is 1. The predicted octanol–water partition coefficient (Wildman–Crippen LogP) is 5.29. The van der Waals surface area contributed by atoms with Crippen LogP contribution in [0.4, 0.5) is 22.4 Å². The average Bonchev–Trinajstić information content (AvgIpc) is 3.24. The third kappa shape index (κ3) is 4.88. The number of hydrogen-bond donors (Lipinski definition) is 1. The lowest BCUT2D eigenvalue weighted by Gasteiger charge is -2.27. The number of nitriles is 1. The first kappa shape index (κ1) is 25.2. The summed E-state index contributed by atoms with van der Waals surface area (Å²) in [6.45, 7) is 1.56. The van der Waals surface area contributed by atoms with Gasteiger partial charge in [-0.25, -0.2) is 22.9 Å². The number of fused-ring (bicyclic) bond motifs is 3. The van der Waals surface area contributed by atoms with Crippen molar-refractivity contribution >= 4 is 23.0 Å². The number of halogens is 4. The van der Waals surface area contributed by atoms with Gasteiger partial charge in [0.15, 0.2) is 17.5 Å². The fourth-order valence-electron chi connectivity index (χ4n) is 4.68. The van der Waals surface area contributed by atoms with Crippen molar-refractivity contribution in [2.75, 3.05) is 13.1 Å². The Morgan fingerprint density at radius 2 is 1.95 bits per heavy atom. The molecular formula is C28H21F4N5O. The van der Waals surface area contributed by atoms with Crippen molar-refractivity contribution in [2.45, 2.75) is 19.5 Å². The normalized spacial score (nSPS) is 13.6. The van der Waals surface area contributed by atoms with Crippen LogP contribution in [0.25, 0.3) is 17.0 Å². The zero-order valence-corrected chi connectivity index (χ0v) is 20.0. The van der Waals surface area contributed by atoms with Crippen molar-refractivity contribution < 1.29 is 22.4 Å². The number of carbonyl (C=O) groups is 1. The smallest absolute Gasteiger partial charge is 0.326 e. The van der Waals surface area contributed by atoms with Gasteiger partial charge in [0.05, 0.1) is 17.1 Å². The maximum Gasteiger partial charge on any atom is 0.326 e. The molecule has 1 aliphatic rings. The minimum absolute atomic E-state index is 0.0531. The molecule has 1 aliphatic heterocycles. The third-order valence-electron chi connectivity index (χ3n) is 6.52. The summed E-state index contributed by atoms with van der Waals surface area (Å²) in [5.41, 5.74) is 3.31. The Balaban J connectivity index is 1.39. The summed E-state index contributed by atoms with van der Waals surface area (Å²) in [4.78, 5) is 18.8. The van der Waals surface area contributed by atoms with Gasteiger partial charge in [-0.15, -0.1) is 0 Å². The molecule has 192 valence electrons. The Kier molecular flexibility index (Phi) is 6.94. The minimum atomic E-state index is -1.51. The Hall–Kier alpha value is -4.49. The van der Waals surface area contributed by atoms with E-state index in [2.05, 4.69) is 21.3 Å². The highest BCUT2D eigenvalue weighted by molar-refractivity contribution is 5.96. The van der Waals surface area contributed by atoms with Crippen molar-refractivity contribution in [3.05, 3.63) is 106 Å². The average molecular weight is 520 g/mol. The largest absolute Gasteiger partial charge is 0.333 e. The van der Waals surface area contributed by atoms with E-state index in [1.165, 1.54) is 24.4 Å². The second kappa shape index (κ2) is 10.5. The number of aromatic nitrogens is 2. The molecule has 0 unspecified atom stereocenters. The molecule has 0 spiro atoms. The van der Waals surface area contributed by atoms with Gasteiger partial charge in [-0.3, -0.25) is 9.47 Å². The number of nitrogens with zero attached hydrogens (tertiary/aromatic N) is 4. The first-order valence-corrected chi connectivity index (χ1v) is 11.8. The summed E-state index contributed by atoms with van der Waals surface area (Å²) in [5.74, 6) is -4.63. The molecule has 0 bridgehead atoms. The molecule has 2 aromatic heterocycles. The molecule has 0 fully saturated rings. The molecule has 38 heavy (non-hydrogen) atoms. The van der Waals surface area contributed by atoms with Crippen LogP contribution in [-0.2, 0) is 19.5 Å². The molecule has 4 aromatic rings. The maximum atomic E-state index is 14.0. The van der Waals surface area contributed by atoms with E-state index < -0.39 is 23.4 Å². The molecular weight excluding hydrogens is 498 g/mol. The second-order valence-corrected chi connectivity index (χ2v) is 8.90. The summed E-state index contributed by atoms with van der Waals surface area (Å²) >= 11 is 0. The van der Waals surface area contributed by atoms with Crippen molar-refractivity contribution in [3.8, 4) is 6.07 Å². The van der Waals surface area contributed by atoms with Crippen molar-refractivity contribution in [3.63, 3.8) is 0 Å². The summed E-state index contributed by atoms with van der Waals surface area (Å²) in [7, 11) is 0. The number of nitrogens with one attached hydrogen (secondary N) is 1. The molecule has 0 aliphatic carbocycles. The van der Waals surface area contributed by atoms with Crippen LogP contribution in [0.1, 0.15) is 27.9 Å². The quantitative estimate of drug-likeness (QED) is 0.221. The topological polar surface area (TPSA) is 74.0 Å². The van der Waals surface area contributed by atoms with Gasteiger partial charge in [0.25, 0.3) is 0 Å². The lowest BCUT2D eigenvalue weighted by Crippen LogP contribution is -2.34. The second-order valence-electron chi connectivity index (χ2n) is 8.90.